The summed E-state index contributed by atoms with van der Waals surface area (Å²) in [7, 11) is 0. The van der Waals surface area contributed by atoms with Crippen molar-refractivity contribution in [1.29, 1.82) is 0 Å². The Morgan fingerprint density at radius 1 is 1.50 bits per heavy atom. The highest BCUT2D eigenvalue weighted by atomic mass is 127. The largest absolute Gasteiger partial charge is 0.426 e. The van der Waals surface area contributed by atoms with Crippen molar-refractivity contribution in [3.63, 3.8) is 0 Å². The van der Waals surface area contributed by atoms with Gasteiger partial charge in [0.2, 0.25) is 0 Å². The number of halogens is 1. The van der Waals surface area contributed by atoms with Crippen LogP contribution in [0, 0.1) is 0 Å². The van der Waals surface area contributed by atoms with Gasteiger partial charge < -0.3 is 3.07 Å². The third kappa shape index (κ3) is 1.33. The van der Waals surface area contributed by atoms with E-state index in [0.717, 1.165) is 24.3 Å². The number of fused-ring (bicyclic) bond motifs is 1. The van der Waals surface area contributed by atoms with Crippen LogP contribution >= 0.6 is 23.0 Å². The first-order valence-electron chi connectivity index (χ1n) is 3.85. The van der Waals surface area contributed by atoms with Gasteiger partial charge in [0.25, 0.3) is 0 Å². The lowest BCUT2D eigenvalue weighted by Crippen LogP contribution is -2.01. The van der Waals surface area contributed by atoms with E-state index < -0.39 is 0 Å². The Kier molecular flexibility index (Phi) is 2.30. The summed E-state index contributed by atoms with van der Waals surface area (Å²) in [4.78, 5) is 4.27. The summed E-state index contributed by atoms with van der Waals surface area (Å²) in [6.45, 7) is 0. The molecule has 0 spiro atoms. The predicted octanol–water partition coefficient (Wildman–Crippen LogP) is 2.74. The Labute approximate surface area is 85.3 Å². The lowest BCUT2D eigenvalue weighted by atomic mass is 10.0. The summed E-state index contributed by atoms with van der Waals surface area (Å²) >= 11 is 1.90. The van der Waals surface area contributed by atoms with Crippen molar-refractivity contribution in [2.24, 2.45) is 0 Å². The smallest absolute Gasteiger partial charge is 0.192 e. The monoisotopic (exact) mass is 273 g/mol. The fraction of sp³-hybridized carbons (Fsp3) is 0.222. The van der Waals surface area contributed by atoms with Gasteiger partial charge in [-0.2, -0.15) is 0 Å². The van der Waals surface area contributed by atoms with Gasteiger partial charge in [-0.25, -0.2) is 0 Å². The van der Waals surface area contributed by atoms with Crippen molar-refractivity contribution in [2.75, 3.05) is 0 Å². The van der Waals surface area contributed by atoms with Crippen LogP contribution in [-0.2, 0) is 9.49 Å². The highest BCUT2D eigenvalue weighted by Gasteiger charge is 2.13. The topological polar surface area (TPSA) is 22.1 Å². The van der Waals surface area contributed by atoms with E-state index in [2.05, 4.69) is 17.1 Å². The molecule has 2 rings (SSSR count). The van der Waals surface area contributed by atoms with E-state index in [0.29, 0.717) is 0 Å². The minimum Gasteiger partial charge on any atom is -0.426 e. The van der Waals surface area contributed by atoms with Gasteiger partial charge >= 0.3 is 0 Å². The predicted molar refractivity (Wildman–Crippen MR) is 55.6 cm³/mol. The summed E-state index contributed by atoms with van der Waals surface area (Å²) in [5.41, 5.74) is 2.28. The highest BCUT2D eigenvalue weighted by molar-refractivity contribution is 14.1. The Morgan fingerprint density at radius 3 is 3.25 bits per heavy atom. The number of rotatable bonds is 1. The molecule has 0 saturated heterocycles. The molecule has 1 aromatic rings. The van der Waals surface area contributed by atoms with E-state index in [9.17, 15) is 0 Å². The molecule has 0 aromatic carbocycles. The molecule has 62 valence electrons. The van der Waals surface area contributed by atoms with Gasteiger partial charge in [0.15, 0.2) is 28.8 Å². The molecule has 0 fully saturated rings. The van der Waals surface area contributed by atoms with E-state index >= 15 is 0 Å². The first-order chi connectivity index (χ1) is 5.92. The molecular weight excluding hydrogens is 265 g/mol. The Morgan fingerprint density at radius 2 is 2.42 bits per heavy atom. The molecule has 1 aliphatic rings. The molecule has 3 heteroatoms. The molecular formula is C9H8INO. The number of nitrogens with zero attached hydrogens (tertiary/aromatic N) is 1. The summed E-state index contributed by atoms with van der Waals surface area (Å²) in [5.74, 6) is 0.900. The van der Waals surface area contributed by atoms with Crippen LogP contribution in [0.2, 0.25) is 0 Å². The van der Waals surface area contributed by atoms with Crippen LogP contribution in [0.1, 0.15) is 17.7 Å². The van der Waals surface area contributed by atoms with Crippen molar-refractivity contribution in [3.05, 3.63) is 35.7 Å². The lowest BCUT2D eigenvalue weighted by Gasteiger charge is -2.13. The molecule has 1 heterocycles. The molecule has 0 radical (unpaired) electrons. The average molecular weight is 273 g/mol. The zero-order valence-electron chi connectivity index (χ0n) is 6.46. The van der Waals surface area contributed by atoms with E-state index in [1.54, 1.807) is 6.20 Å². The van der Waals surface area contributed by atoms with Gasteiger partial charge in [0.1, 0.15) is 5.69 Å². The van der Waals surface area contributed by atoms with E-state index in [-0.39, 0.29) is 0 Å². The highest BCUT2D eigenvalue weighted by Crippen LogP contribution is 2.26. The second kappa shape index (κ2) is 3.43. The van der Waals surface area contributed by atoms with Gasteiger partial charge in [-0.05, 0) is 30.5 Å². The zero-order chi connectivity index (χ0) is 8.39. The number of hydrogen-bond donors (Lipinski definition) is 0. The third-order valence-corrected chi connectivity index (χ3v) is 2.43. The fourth-order valence-electron chi connectivity index (χ4n) is 1.39. The van der Waals surface area contributed by atoms with Gasteiger partial charge in [-0.15, -0.1) is 0 Å². The minimum atomic E-state index is 0.900. The maximum atomic E-state index is 5.19. The molecule has 0 unspecified atom stereocenters. The number of allylic oxidation sites excluding steroid dienone is 1. The van der Waals surface area contributed by atoms with Crippen LogP contribution < -0.4 is 0 Å². The number of aryl methyl sites for hydroxylation is 1. The van der Waals surface area contributed by atoms with Crippen LogP contribution in [0.25, 0.3) is 5.76 Å². The van der Waals surface area contributed by atoms with Crippen LogP contribution in [0.5, 0.6) is 0 Å². The van der Waals surface area contributed by atoms with Crippen molar-refractivity contribution in [3.8, 4) is 0 Å². The van der Waals surface area contributed by atoms with Gasteiger partial charge in [-0.3, -0.25) is 4.98 Å². The SMILES string of the molecule is IOC1=CCCc2cccnc21. The third-order valence-electron chi connectivity index (χ3n) is 1.95. The minimum absolute atomic E-state index is 0.900. The van der Waals surface area contributed by atoms with Crippen LogP contribution in [0.15, 0.2) is 24.4 Å². The average Bonchev–Trinajstić information content (AvgIpc) is 2.17. The van der Waals surface area contributed by atoms with Crippen molar-refractivity contribution < 1.29 is 3.07 Å². The number of aromatic nitrogens is 1. The normalized spacial score (nSPS) is 14.9. The summed E-state index contributed by atoms with van der Waals surface area (Å²) in [6, 6.07) is 4.07. The summed E-state index contributed by atoms with van der Waals surface area (Å²) < 4.78 is 5.19. The van der Waals surface area contributed by atoms with Crippen molar-refractivity contribution >= 4 is 28.8 Å². The summed E-state index contributed by atoms with van der Waals surface area (Å²) in [5, 5.41) is 0. The maximum absolute atomic E-state index is 5.19. The first-order valence-corrected chi connectivity index (χ1v) is 4.73. The first kappa shape index (κ1) is 8.04. The Bertz CT molecular complexity index is 322. The van der Waals surface area contributed by atoms with Crippen LogP contribution in [-0.4, -0.2) is 4.98 Å². The van der Waals surface area contributed by atoms with E-state index in [1.165, 1.54) is 5.56 Å². The van der Waals surface area contributed by atoms with E-state index in [4.69, 9.17) is 3.07 Å². The molecule has 0 N–H and O–H groups in total. The number of hydrogen-bond acceptors (Lipinski definition) is 2. The Hall–Kier alpha value is -0.580. The van der Waals surface area contributed by atoms with Crippen molar-refractivity contribution in [2.45, 2.75) is 12.8 Å². The molecule has 0 aliphatic heterocycles. The number of pyridine rings is 1. The standard InChI is InChI=1S/C9H8INO/c10-12-8-5-1-3-7-4-2-6-11-9(7)8/h2,4-6H,1,3H2. The van der Waals surface area contributed by atoms with Gasteiger partial charge in [-0.1, -0.05) is 6.07 Å². The molecule has 12 heavy (non-hydrogen) atoms. The van der Waals surface area contributed by atoms with Gasteiger partial charge in [0.05, 0.1) is 0 Å². The molecule has 0 atom stereocenters. The van der Waals surface area contributed by atoms with Crippen molar-refractivity contribution in [1.82, 2.24) is 4.98 Å². The zero-order valence-corrected chi connectivity index (χ0v) is 8.61. The lowest BCUT2D eigenvalue weighted by molar-refractivity contribution is 0.655. The molecule has 0 saturated carbocycles. The second-order valence-electron chi connectivity index (χ2n) is 2.70. The van der Waals surface area contributed by atoms with Gasteiger partial charge in [0, 0.05) is 6.20 Å². The van der Waals surface area contributed by atoms with Crippen LogP contribution in [0.3, 0.4) is 0 Å². The maximum Gasteiger partial charge on any atom is 0.192 e. The van der Waals surface area contributed by atoms with Crippen LogP contribution in [0.4, 0.5) is 0 Å². The molecule has 2 nitrogen and oxygen atoms in total. The molecule has 0 bridgehead atoms. The fourth-order valence-corrected chi connectivity index (χ4v) is 1.77. The molecule has 1 aliphatic carbocycles. The quantitative estimate of drug-likeness (QED) is 0.734. The second-order valence-corrected chi connectivity index (χ2v) is 3.14. The summed E-state index contributed by atoms with van der Waals surface area (Å²) in [6.07, 6.45) is 6.01. The Balaban J connectivity index is 2.48. The molecule has 0 amide bonds. The van der Waals surface area contributed by atoms with E-state index in [1.807, 2.05) is 29.1 Å². The molecule has 1 aromatic heterocycles.